The molecule has 0 aliphatic rings. The molecule has 0 unspecified atom stereocenters. The van der Waals surface area contributed by atoms with Crippen LogP contribution in [0.4, 0.5) is 10.2 Å². The molecule has 0 fully saturated rings. The molecule has 3 aromatic heterocycles. The molecule has 3 heterocycles. The van der Waals surface area contributed by atoms with E-state index in [9.17, 15) is 9.18 Å². The molecule has 1 aromatic carbocycles. The molecule has 0 atom stereocenters. The van der Waals surface area contributed by atoms with E-state index in [1.807, 2.05) is 13.8 Å². The van der Waals surface area contributed by atoms with Crippen LogP contribution in [0.15, 0.2) is 45.4 Å². The Labute approximate surface area is 201 Å². The molecule has 0 spiro atoms. The van der Waals surface area contributed by atoms with Crippen molar-refractivity contribution < 1.29 is 13.6 Å². The van der Waals surface area contributed by atoms with Crippen LogP contribution < -0.4 is 5.32 Å². The van der Waals surface area contributed by atoms with Gasteiger partial charge in [-0.2, -0.15) is 10.2 Å². The summed E-state index contributed by atoms with van der Waals surface area (Å²) in [6.45, 7) is 4.13. The second-order valence-electron chi connectivity index (χ2n) is 7.09. The summed E-state index contributed by atoms with van der Waals surface area (Å²) < 4.78 is 23.4. The Morgan fingerprint density at radius 3 is 2.66 bits per heavy atom. The molecular formula is C21H17BrCl2FN5O2. The molecule has 7 nitrogen and oxygen atoms in total. The van der Waals surface area contributed by atoms with Crippen LogP contribution in [0.3, 0.4) is 0 Å². The molecule has 0 saturated heterocycles. The molecule has 0 radical (unpaired) electrons. The first-order valence-corrected chi connectivity index (χ1v) is 11.0. The zero-order chi connectivity index (χ0) is 23.0. The molecule has 4 rings (SSSR count). The molecular weight excluding hydrogens is 524 g/mol. The van der Waals surface area contributed by atoms with Gasteiger partial charge in [-0.3, -0.25) is 14.2 Å². The Hall–Kier alpha value is -2.62. The van der Waals surface area contributed by atoms with Gasteiger partial charge < -0.3 is 9.73 Å². The van der Waals surface area contributed by atoms with Crippen LogP contribution in [-0.2, 0) is 13.1 Å². The number of aromatic nitrogens is 4. The number of furan rings is 1. The number of nitrogens with one attached hydrogen (secondary N) is 1. The Morgan fingerprint density at radius 2 is 1.97 bits per heavy atom. The van der Waals surface area contributed by atoms with Crippen molar-refractivity contribution in [3.8, 4) is 0 Å². The van der Waals surface area contributed by atoms with E-state index in [4.69, 9.17) is 27.6 Å². The monoisotopic (exact) mass is 539 g/mol. The molecule has 166 valence electrons. The van der Waals surface area contributed by atoms with Gasteiger partial charge in [0.05, 0.1) is 34.0 Å². The van der Waals surface area contributed by atoms with E-state index in [0.29, 0.717) is 32.4 Å². The van der Waals surface area contributed by atoms with E-state index in [-0.39, 0.29) is 18.1 Å². The molecule has 0 aliphatic carbocycles. The van der Waals surface area contributed by atoms with Gasteiger partial charge in [0.2, 0.25) is 0 Å². The first-order chi connectivity index (χ1) is 15.2. The van der Waals surface area contributed by atoms with Crippen LogP contribution in [0, 0.1) is 19.7 Å². The number of carbonyl (C=O) groups is 1. The third kappa shape index (κ3) is 4.60. The second-order valence-corrected chi connectivity index (χ2v) is 8.73. The lowest BCUT2D eigenvalue weighted by molar-refractivity contribution is 0.0994. The number of carbonyl (C=O) groups excluding carboxylic acids is 1. The van der Waals surface area contributed by atoms with Crippen molar-refractivity contribution in [3.05, 3.63) is 85.3 Å². The standard InChI is InChI=1S/C21H17BrCl2FN5O2/c1-11-19(24)12(2)30(27-11)8-13-6-7-18(32-13)21(31)26-20-15(22)10-29(28-20)9-14-16(23)4-3-5-17(14)25/h3-7,10H,8-9H2,1-2H3,(H,26,28,31). The van der Waals surface area contributed by atoms with E-state index in [1.54, 1.807) is 29.1 Å². The first kappa shape index (κ1) is 22.6. The fourth-order valence-corrected chi connectivity index (χ4v) is 3.91. The fourth-order valence-electron chi connectivity index (χ4n) is 3.14. The van der Waals surface area contributed by atoms with Crippen molar-refractivity contribution in [1.29, 1.82) is 0 Å². The highest BCUT2D eigenvalue weighted by Gasteiger charge is 2.18. The van der Waals surface area contributed by atoms with E-state index in [0.717, 1.165) is 11.4 Å². The minimum atomic E-state index is -0.475. The maximum atomic E-state index is 14.0. The van der Waals surface area contributed by atoms with Gasteiger partial charge in [0, 0.05) is 16.8 Å². The summed E-state index contributed by atoms with van der Waals surface area (Å²) in [5.74, 6) is 0.0346. The number of benzene rings is 1. The number of halogens is 4. The SMILES string of the molecule is Cc1nn(Cc2ccc(C(=O)Nc3nn(Cc4c(F)cccc4Cl)cc3Br)o2)c(C)c1Cl. The molecule has 0 bridgehead atoms. The summed E-state index contributed by atoms with van der Waals surface area (Å²) in [7, 11) is 0. The number of anilines is 1. The van der Waals surface area contributed by atoms with Crippen molar-refractivity contribution in [2.24, 2.45) is 0 Å². The minimum absolute atomic E-state index is 0.107. The zero-order valence-corrected chi connectivity index (χ0v) is 20.1. The number of nitrogens with zero attached hydrogens (tertiary/aromatic N) is 4. The van der Waals surface area contributed by atoms with Crippen LogP contribution in [0.2, 0.25) is 10.0 Å². The lowest BCUT2D eigenvalue weighted by Crippen LogP contribution is -2.12. The van der Waals surface area contributed by atoms with Gasteiger partial charge in [0.15, 0.2) is 11.6 Å². The lowest BCUT2D eigenvalue weighted by atomic mass is 10.2. The van der Waals surface area contributed by atoms with Gasteiger partial charge in [-0.15, -0.1) is 0 Å². The van der Waals surface area contributed by atoms with Crippen LogP contribution >= 0.6 is 39.1 Å². The first-order valence-electron chi connectivity index (χ1n) is 9.48. The third-order valence-corrected chi connectivity index (χ3v) is 6.30. The highest BCUT2D eigenvalue weighted by Crippen LogP contribution is 2.25. The predicted octanol–water partition coefficient (Wildman–Crippen LogP) is 5.85. The Kier molecular flexibility index (Phi) is 6.41. The van der Waals surface area contributed by atoms with Crippen molar-refractivity contribution in [2.45, 2.75) is 26.9 Å². The quantitative estimate of drug-likeness (QED) is 0.333. The average Bonchev–Trinajstić information content (AvgIpc) is 3.41. The zero-order valence-electron chi connectivity index (χ0n) is 17.0. The van der Waals surface area contributed by atoms with Crippen LogP contribution in [0.1, 0.15) is 33.3 Å². The van der Waals surface area contributed by atoms with Crippen molar-refractivity contribution in [3.63, 3.8) is 0 Å². The van der Waals surface area contributed by atoms with Crippen molar-refractivity contribution >= 4 is 50.9 Å². The molecule has 11 heteroatoms. The predicted molar refractivity (Wildman–Crippen MR) is 123 cm³/mol. The van der Waals surface area contributed by atoms with Crippen LogP contribution in [-0.4, -0.2) is 25.5 Å². The van der Waals surface area contributed by atoms with Crippen molar-refractivity contribution in [2.75, 3.05) is 5.32 Å². The van der Waals surface area contributed by atoms with E-state index in [2.05, 4.69) is 31.4 Å². The van der Waals surface area contributed by atoms with Gasteiger partial charge in [-0.1, -0.05) is 29.3 Å². The molecule has 0 saturated carbocycles. The summed E-state index contributed by atoms with van der Waals surface area (Å²) in [4.78, 5) is 12.6. The molecule has 1 amide bonds. The average molecular weight is 541 g/mol. The molecule has 1 N–H and O–H groups in total. The van der Waals surface area contributed by atoms with Crippen LogP contribution in [0.25, 0.3) is 0 Å². The Balaban J connectivity index is 1.46. The highest BCUT2D eigenvalue weighted by molar-refractivity contribution is 9.10. The fraction of sp³-hybridized carbons (Fsp3) is 0.190. The van der Waals surface area contributed by atoms with Gasteiger partial charge >= 0.3 is 0 Å². The van der Waals surface area contributed by atoms with Gasteiger partial charge in [-0.05, 0) is 54.0 Å². The number of amides is 1. The number of hydrogen-bond acceptors (Lipinski definition) is 4. The van der Waals surface area contributed by atoms with E-state index >= 15 is 0 Å². The Morgan fingerprint density at radius 1 is 1.19 bits per heavy atom. The summed E-state index contributed by atoms with van der Waals surface area (Å²) >= 11 is 15.6. The van der Waals surface area contributed by atoms with Gasteiger partial charge in [0.25, 0.3) is 5.91 Å². The highest BCUT2D eigenvalue weighted by atomic mass is 79.9. The van der Waals surface area contributed by atoms with Gasteiger partial charge in [-0.25, -0.2) is 4.39 Å². The van der Waals surface area contributed by atoms with Crippen LogP contribution in [0.5, 0.6) is 0 Å². The second kappa shape index (κ2) is 9.09. The normalized spacial score (nSPS) is 11.2. The molecule has 32 heavy (non-hydrogen) atoms. The number of aryl methyl sites for hydroxylation is 1. The van der Waals surface area contributed by atoms with Gasteiger partial charge in [0.1, 0.15) is 11.6 Å². The summed E-state index contributed by atoms with van der Waals surface area (Å²) in [5.41, 5.74) is 1.85. The number of rotatable bonds is 6. The lowest BCUT2D eigenvalue weighted by Gasteiger charge is -2.06. The smallest absolute Gasteiger partial charge is 0.292 e. The van der Waals surface area contributed by atoms with Crippen molar-refractivity contribution in [1.82, 2.24) is 19.6 Å². The third-order valence-electron chi connectivity index (χ3n) is 4.81. The molecule has 0 aliphatic heterocycles. The van der Waals surface area contributed by atoms with E-state index < -0.39 is 11.7 Å². The Bertz CT molecular complexity index is 1290. The largest absolute Gasteiger partial charge is 0.454 e. The summed E-state index contributed by atoms with van der Waals surface area (Å²) in [6.07, 6.45) is 1.62. The minimum Gasteiger partial charge on any atom is -0.454 e. The maximum Gasteiger partial charge on any atom is 0.292 e. The topological polar surface area (TPSA) is 77.9 Å². The summed E-state index contributed by atoms with van der Waals surface area (Å²) in [6, 6.07) is 7.74. The number of hydrogen-bond donors (Lipinski definition) is 1. The van der Waals surface area contributed by atoms with E-state index in [1.165, 1.54) is 16.8 Å². The molecule has 4 aromatic rings. The summed E-state index contributed by atoms with van der Waals surface area (Å²) in [5, 5.41) is 12.2. The maximum absolute atomic E-state index is 14.0.